The van der Waals surface area contributed by atoms with Crippen molar-refractivity contribution in [2.75, 3.05) is 13.2 Å². The van der Waals surface area contributed by atoms with Gasteiger partial charge in [-0.2, -0.15) is 0 Å². The first-order valence-electron chi connectivity index (χ1n) is 8.80. The molecule has 1 atom stereocenters. The molecular weight excluding hydrogens is 332 g/mol. The Bertz CT molecular complexity index is 819. The number of aliphatic hydroxyl groups excluding tert-OH is 1. The van der Waals surface area contributed by atoms with E-state index in [2.05, 4.69) is 33.8 Å². The molecule has 0 spiro atoms. The van der Waals surface area contributed by atoms with E-state index in [0.29, 0.717) is 0 Å². The third-order valence-corrected chi connectivity index (χ3v) is 5.73. The topological polar surface area (TPSA) is 47.3 Å². The maximum Gasteiger partial charge on any atom is 0.0971 e. The largest absolute Gasteiger partial charge is 0.396 e. The lowest BCUT2D eigenvalue weighted by Gasteiger charge is -2.09. The summed E-state index contributed by atoms with van der Waals surface area (Å²) in [5.41, 5.74) is 3.25. The Morgan fingerprint density at radius 2 is 2.08 bits per heavy atom. The Balaban J connectivity index is 1.74. The van der Waals surface area contributed by atoms with Crippen molar-refractivity contribution in [2.45, 2.75) is 31.9 Å². The molecule has 0 bridgehead atoms. The summed E-state index contributed by atoms with van der Waals surface area (Å²) in [4.78, 5) is 7.18. The Kier molecular flexibility index (Phi) is 4.97. The zero-order valence-corrected chi connectivity index (χ0v) is 14.9. The highest BCUT2D eigenvalue weighted by molar-refractivity contribution is 7.15. The van der Waals surface area contributed by atoms with E-state index in [1.165, 1.54) is 9.75 Å². The first kappa shape index (κ1) is 16.5. The quantitative estimate of drug-likeness (QED) is 0.708. The summed E-state index contributed by atoms with van der Waals surface area (Å²) in [6.07, 6.45) is 5.10. The molecule has 130 valence electrons. The van der Waals surface area contributed by atoms with E-state index in [4.69, 9.17) is 4.74 Å². The van der Waals surface area contributed by atoms with E-state index < -0.39 is 0 Å². The molecule has 1 aliphatic rings. The van der Waals surface area contributed by atoms with Gasteiger partial charge in [-0.15, -0.1) is 11.3 Å². The molecule has 1 aliphatic heterocycles. The van der Waals surface area contributed by atoms with Crippen molar-refractivity contribution in [3.05, 3.63) is 53.7 Å². The molecule has 1 fully saturated rings. The van der Waals surface area contributed by atoms with Gasteiger partial charge in [0.05, 0.1) is 28.7 Å². The minimum absolute atomic E-state index is 0.184. The van der Waals surface area contributed by atoms with Crippen LogP contribution in [-0.4, -0.2) is 27.9 Å². The Hall–Kier alpha value is -1.95. The van der Waals surface area contributed by atoms with Gasteiger partial charge < -0.3 is 14.4 Å². The van der Waals surface area contributed by atoms with Crippen LogP contribution in [0.1, 0.15) is 30.2 Å². The molecule has 4 nitrogen and oxygen atoms in total. The molecule has 0 saturated carbocycles. The van der Waals surface area contributed by atoms with Crippen LogP contribution in [0, 0.1) is 0 Å². The monoisotopic (exact) mass is 354 g/mol. The highest BCUT2D eigenvalue weighted by Crippen LogP contribution is 2.40. The first-order chi connectivity index (χ1) is 12.4. The summed E-state index contributed by atoms with van der Waals surface area (Å²) in [6, 6.07) is 14.7. The Morgan fingerprint density at radius 3 is 2.84 bits per heavy atom. The van der Waals surface area contributed by atoms with Crippen molar-refractivity contribution in [1.82, 2.24) is 9.55 Å². The second kappa shape index (κ2) is 7.52. The maximum atomic E-state index is 9.21. The van der Waals surface area contributed by atoms with Crippen LogP contribution >= 0.6 is 11.3 Å². The molecule has 1 saturated heterocycles. The Labute approximate surface area is 151 Å². The molecule has 25 heavy (non-hydrogen) atoms. The molecule has 3 heterocycles. The number of nitrogens with zero attached hydrogens (tertiary/aromatic N) is 2. The van der Waals surface area contributed by atoms with Gasteiger partial charge in [0.1, 0.15) is 0 Å². The standard InChI is InChI=1S/C20H22N2O2S/c23-12-5-11-22-14-21-19(15-6-2-1-3-7-15)20(22)18-10-9-17(25-18)16-8-4-13-24-16/h1-3,6-7,9-10,14,16,23H,4-5,8,11-13H2/t16-/m1/s1. The molecule has 4 rings (SSSR count). The van der Waals surface area contributed by atoms with Crippen LogP contribution in [-0.2, 0) is 11.3 Å². The number of aromatic nitrogens is 2. The summed E-state index contributed by atoms with van der Waals surface area (Å²) >= 11 is 1.80. The average Bonchev–Trinajstić information content (AvgIpc) is 3.39. The lowest BCUT2D eigenvalue weighted by atomic mass is 10.1. The molecule has 1 N–H and O–H groups in total. The Morgan fingerprint density at radius 1 is 1.20 bits per heavy atom. The van der Waals surface area contributed by atoms with Gasteiger partial charge in [-0.1, -0.05) is 30.3 Å². The fourth-order valence-electron chi connectivity index (χ4n) is 3.31. The molecule has 5 heteroatoms. The van der Waals surface area contributed by atoms with Gasteiger partial charge in [0.15, 0.2) is 0 Å². The van der Waals surface area contributed by atoms with Crippen molar-refractivity contribution in [3.63, 3.8) is 0 Å². The minimum Gasteiger partial charge on any atom is -0.396 e. The van der Waals surface area contributed by atoms with Gasteiger partial charge in [-0.05, 0) is 31.4 Å². The summed E-state index contributed by atoms with van der Waals surface area (Å²) in [5, 5.41) is 9.21. The van der Waals surface area contributed by atoms with Crippen LogP contribution in [0.25, 0.3) is 21.8 Å². The number of aliphatic hydroxyl groups is 1. The van der Waals surface area contributed by atoms with Gasteiger partial charge >= 0.3 is 0 Å². The number of imidazole rings is 1. The molecule has 0 unspecified atom stereocenters. The van der Waals surface area contributed by atoms with Crippen LogP contribution in [0.15, 0.2) is 48.8 Å². The van der Waals surface area contributed by atoms with Gasteiger partial charge in [0, 0.05) is 30.2 Å². The minimum atomic E-state index is 0.184. The maximum absolute atomic E-state index is 9.21. The summed E-state index contributed by atoms with van der Waals surface area (Å²) in [5.74, 6) is 0. The van der Waals surface area contributed by atoms with E-state index >= 15 is 0 Å². The zero-order chi connectivity index (χ0) is 17.1. The fraction of sp³-hybridized carbons (Fsp3) is 0.350. The second-order valence-electron chi connectivity index (χ2n) is 6.28. The first-order valence-corrected chi connectivity index (χ1v) is 9.61. The fourth-order valence-corrected chi connectivity index (χ4v) is 4.47. The lowest BCUT2D eigenvalue weighted by Crippen LogP contribution is -2.00. The van der Waals surface area contributed by atoms with Crippen molar-refractivity contribution in [2.24, 2.45) is 0 Å². The number of aryl methyl sites for hydroxylation is 1. The summed E-state index contributed by atoms with van der Waals surface area (Å²) < 4.78 is 7.99. The molecule has 0 radical (unpaired) electrons. The highest BCUT2D eigenvalue weighted by atomic mass is 32.1. The molecule has 0 amide bonds. The van der Waals surface area contributed by atoms with Gasteiger partial charge in [-0.25, -0.2) is 4.98 Å². The highest BCUT2D eigenvalue weighted by Gasteiger charge is 2.22. The zero-order valence-electron chi connectivity index (χ0n) is 14.1. The van der Waals surface area contributed by atoms with Gasteiger partial charge in [0.2, 0.25) is 0 Å². The number of thiophene rings is 1. The molecule has 2 aromatic heterocycles. The van der Waals surface area contributed by atoms with Crippen molar-refractivity contribution < 1.29 is 9.84 Å². The molecule has 3 aromatic rings. The number of hydrogen-bond acceptors (Lipinski definition) is 4. The van der Waals surface area contributed by atoms with Gasteiger partial charge in [0.25, 0.3) is 0 Å². The molecule has 0 aliphatic carbocycles. The summed E-state index contributed by atoms with van der Waals surface area (Å²) in [7, 11) is 0. The lowest BCUT2D eigenvalue weighted by molar-refractivity contribution is 0.114. The summed E-state index contributed by atoms with van der Waals surface area (Å²) in [6.45, 7) is 1.81. The van der Waals surface area contributed by atoms with Crippen LogP contribution in [0.4, 0.5) is 0 Å². The van der Waals surface area contributed by atoms with Crippen molar-refractivity contribution in [3.8, 4) is 21.8 Å². The third kappa shape index (κ3) is 3.40. The second-order valence-corrected chi connectivity index (χ2v) is 7.40. The van der Waals surface area contributed by atoms with E-state index in [9.17, 15) is 5.11 Å². The smallest absolute Gasteiger partial charge is 0.0971 e. The number of benzene rings is 1. The van der Waals surface area contributed by atoms with E-state index in [1.54, 1.807) is 11.3 Å². The number of hydrogen-bond donors (Lipinski definition) is 1. The number of rotatable bonds is 6. The van der Waals surface area contributed by atoms with Crippen LogP contribution in [0.5, 0.6) is 0 Å². The van der Waals surface area contributed by atoms with Crippen LogP contribution in [0.2, 0.25) is 0 Å². The molecule has 1 aromatic carbocycles. The van der Waals surface area contributed by atoms with Crippen LogP contribution in [0.3, 0.4) is 0 Å². The number of ether oxygens (including phenoxy) is 1. The van der Waals surface area contributed by atoms with E-state index in [-0.39, 0.29) is 12.7 Å². The third-order valence-electron chi connectivity index (χ3n) is 4.55. The van der Waals surface area contributed by atoms with E-state index in [0.717, 1.165) is 49.4 Å². The van der Waals surface area contributed by atoms with Crippen molar-refractivity contribution >= 4 is 11.3 Å². The van der Waals surface area contributed by atoms with Crippen molar-refractivity contribution in [1.29, 1.82) is 0 Å². The average molecular weight is 354 g/mol. The SMILES string of the molecule is OCCCn1cnc(-c2ccccc2)c1-c1ccc([C@H]2CCCO2)s1. The van der Waals surface area contributed by atoms with E-state index in [1.807, 2.05) is 24.5 Å². The normalized spacial score (nSPS) is 17.2. The van der Waals surface area contributed by atoms with Gasteiger partial charge in [-0.3, -0.25) is 0 Å². The van der Waals surface area contributed by atoms with Crippen LogP contribution < -0.4 is 0 Å². The predicted octanol–water partition coefficient (Wildman–Crippen LogP) is 4.51. The molecular formula is C20H22N2O2S. The predicted molar refractivity (Wildman–Crippen MR) is 101 cm³/mol.